The first-order valence-electron chi connectivity index (χ1n) is 11.4. The number of rotatable bonds is 7. The van der Waals surface area contributed by atoms with Crippen molar-refractivity contribution >= 4 is 5.91 Å². The van der Waals surface area contributed by atoms with Crippen molar-refractivity contribution in [2.75, 3.05) is 33.8 Å². The number of hydrogen-bond donors (Lipinski definition) is 1. The molecule has 5 rings (SSSR count). The molecule has 2 saturated carbocycles. The van der Waals surface area contributed by atoms with E-state index in [9.17, 15) is 4.79 Å². The lowest BCUT2D eigenvalue weighted by Gasteiger charge is -2.41. The van der Waals surface area contributed by atoms with E-state index in [-0.39, 0.29) is 18.4 Å². The molecule has 3 aliphatic rings. The maximum atomic E-state index is 13.0. The molecule has 166 valence electrons. The first-order chi connectivity index (χ1) is 15.1. The summed E-state index contributed by atoms with van der Waals surface area (Å²) >= 11 is 0. The number of H-pyrrole nitrogens is 1. The number of likely N-dealkylation sites (N-methyl/N-ethyl adjacent to an activating group) is 1. The van der Waals surface area contributed by atoms with Crippen LogP contribution in [0.1, 0.15) is 31.5 Å². The average molecular weight is 425 g/mol. The molecule has 8 heteroatoms. The summed E-state index contributed by atoms with van der Waals surface area (Å²) in [5.74, 6) is 3.21. The van der Waals surface area contributed by atoms with Crippen molar-refractivity contribution in [3.05, 3.63) is 30.4 Å². The molecule has 1 saturated heterocycles. The van der Waals surface area contributed by atoms with E-state index in [0.29, 0.717) is 29.5 Å². The van der Waals surface area contributed by atoms with Crippen molar-refractivity contribution in [1.82, 2.24) is 30.0 Å². The predicted octanol–water partition coefficient (Wildman–Crippen LogP) is 2.00. The summed E-state index contributed by atoms with van der Waals surface area (Å²) in [6.07, 6.45) is 8.76. The smallest absolute Gasteiger partial charge is 0.230 e. The van der Waals surface area contributed by atoms with Crippen LogP contribution in [0.15, 0.2) is 24.5 Å². The van der Waals surface area contributed by atoms with Gasteiger partial charge in [0, 0.05) is 43.7 Å². The highest BCUT2D eigenvalue weighted by Gasteiger charge is 2.44. The molecule has 0 radical (unpaired) electrons. The summed E-state index contributed by atoms with van der Waals surface area (Å²) in [6, 6.07) is 4.17. The van der Waals surface area contributed by atoms with Gasteiger partial charge in [-0.3, -0.25) is 14.9 Å². The Morgan fingerprint density at radius 1 is 1.19 bits per heavy atom. The standard InChI is InChI=1S/C23H32N6O2/c1-28(2)19-9-17-12-29(13-18(17)10-20(19)31-14-15-3-4-15)22(30)11-21-25-23(27-26-21)16-5-7-24-8-6-16/h5-8,15,17-20H,3-4,9-14H2,1-2H3,(H,25,26,27)/t17-,18+,19-,20-/m1/s1. The van der Waals surface area contributed by atoms with E-state index in [1.54, 1.807) is 12.4 Å². The van der Waals surface area contributed by atoms with Crippen molar-refractivity contribution < 1.29 is 9.53 Å². The van der Waals surface area contributed by atoms with E-state index in [4.69, 9.17) is 4.74 Å². The van der Waals surface area contributed by atoms with E-state index in [1.807, 2.05) is 17.0 Å². The number of pyridine rings is 1. The zero-order valence-electron chi connectivity index (χ0n) is 18.4. The van der Waals surface area contributed by atoms with Crippen LogP contribution in [0.3, 0.4) is 0 Å². The maximum absolute atomic E-state index is 13.0. The minimum atomic E-state index is 0.128. The minimum Gasteiger partial charge on any atom is -0.376 e. The highest BCUT2D eigenvalue weighted by atomic mass is 16.5. The van der Waals surface area contributed by atoms with Crippen molar-refractivity contribution in [2.45, 2.75) is 44.2 Å². The number of aromatic amines is 1. The third-order valence-electron chi connectivity index (χ3n) is 7.13. The number of nitrogens with one attached hydrogen (secondary N) is 1. The Morgan fingerprint density at radius 3 is 2.65 bits per heavy atom. The zero-order valence-corrected chi connectivity index (χ0v) is 18.4. The van der Waals surface area contributed by atoms with Crippen molar-refractivity contribution in [1.29, 1.82) is 0 Å². The van der Waals surface area contributed by atoms with Gasteiger partial charge in [0.1, 0.15) is 5.82 Å². The lowest BCUT2D eigenvalue weighted by atomic mass is 9.77. The Balaban J connectivity index is 1.19. The molecule has 0 aromatic carbocycles. The fourth-order valence-electron chi connectivity index (χ4n) is 5.12. The van der Waals surface area contributed by atoms with Crippen LogP contribution in [0.4, 0.5) is 0 Å². The Bertz CT molecular complexity index is 896. The molecule has 2 aromatic rings. The predicted molar refractivity (Wildman–Crippen MR) is 116 cm³/mol. The van der Waals surface area contributed by atoms with Gasteiger partial charge in [-0.15, -0.1) is 0 Å². The largest absolute Gasteiger partial charge is 0.376 e. The zero-order chi connectivity index (χ0) is 21.4. The van der Waals surface area contributed by atoms with Crippen molar-refractivity contribution in [2.24, 2.45) is 17.8 Å². The molecule has 0 spiro atoms. The molecule has 1 N–H and O–H groups in total. The molecule has 0 unspecified atom stereocenters. The topological polar surface area (TPSA) is 87.2 Å². The third-order valence-corrected chi connectivity index (χ3v) is 7.13. The van der Waals surface area contributed by atoms with Gasteiger partial charge in [0.15, 0.2) is 5.82 Å². The van der Waals surface area contributed by atoms with Crippen LogP contribution in [0.25, 0.3) is 11.4 Å². The Kier molecular flexibility index (Phi) is 5.75. The molecule has 4 atom stereocenters. The van der Waals surface area contributed by atoms with Crippen molar-refractivity contribution in [3.8, 4) is 11.4 Å². The van der Waals surface area contributed by atoms with E-state index in [0.717, 1.165) is 44.0 Å². The van der Waals surface area contributed by atoms with Crippen LogP contribution < -0.4 is 0 Å². The average Bonchev–Trinajstić information content (AvgIpc) is 3.32. The van der Waals surface area contributed by atoms with Crippen LogP contribution >= 0.6 is 0 Å². The SMILES string of the molecule is CN(C)[C@@H]1C[C@@H]2CN(C(=O)Cc3nc(-c4ccncc4)n[nH]3)C[C@@H]2C[C@H]1OCC1CC1. The number of amides is 1. The van der Waals surface area contributed by atoms with E-state index < -0.39 is 0 Å². The Labute approximate surface area is 183 Å². The first kappa shape index (κ1) is 20.6. The van der Waals surface area contributed by atoms with E-state index in [2.05, 4.69) is 39.2 Å². The summed E-state index contributed by atoms with van der Waals surface area (Å²) in [5, 5.41) is 7.19. The van der Waals surface area contributed by atoms with Gasteiger partial charge in [-0.25, -0.2) is 4.98 Å². The Hall–Kier alpha value is -2.32. The van der Waals surface area contributed by atoms with Gasteiger partial charge in [-0.1, -0.05) is 0 Å². The molecule has 0 bridgehead atoms. The molecule has 2 aliphatic carbocycles. The number of ether oxygens (including phenoxy) is 1. The van der Waals surface area contributed by atoms with E-state index in [1.165, 1.54) is 12.8 Å². The number of fused-ring (bicyclic) bond motifs is 1. The summed E-state index contributed by atoms with van der Waals surface area (Å²) in [4.78, 5) is 25.9. The quantitative estimate of drug-likeness (QED) is 0.732. The third kappa shape index (κ3) is 4.65. The second-order valence-corrected chi connectivity index (χ2v) is 9.65. The van der Waals surface area contributed by atoms with Crippen LogP contribution in [-0.2, 0) is 16.0 Å². The van der Waals surface area contributed by atoms with Gasteiger partial charge in [-0.2, -0.15) is 5.10 Å². The molecule has 3 fully saturated rings. The summed E-state index contributed by atoms with van der Waals surface area (Å²) in [6.45, 7) is 2.58. The monoisotopic (exact) mass is 424 g/mol. The summed E-state index contributed by atoms with van der Waals surface area (Å²) in [5.41, 5.74) is 0.893. The van der Waals surface area contributed by atoms with Gasteiger partial charge in [0.25, 0.3) is 0 Å². The minimum absolute atomic E-state index is 0.128. The summed E-state index contributed by atoms with van der Waals surface area (Å²) in [7, 11) is 4.31. The highest BCUT2D eigenvalue weighted by molar-refractivity contribution is 5.78. The number of carbonyl (C=O) groups excluding carboxylic acids is 1. The number of carbonyl (C=O) groups is 1. The van der Waals surface area contributed by atoms with Gasteiger partial charge in [0.2, 0.25) is 5.91 Å². The summed E-state index contributed by atoms with van der Waals surface area (Å²) < 4.78 is 6.35. The highest BCUT2D eigenvalue weighted by Crippen LogP contribution is 2.40. The number of nitrogens with zero attached hydrogens (tertiary/aromatic N) is 5. The molecular formula is C23H32N6O2. The van der Waals surface area contributed by atoms with Gasteiger partial charge in [-0.05, 0) is 69.7 Å². The van der Waals surface area contributed by atoms with Crippen LogP contribution in [0, 0.1) is 17.8 Å². The second kappa shape index (κ2) is 8.67. The molecule has 2 aromatic heterocycles. The van der Waals surface area contributed by atoms with Gasteiger partial charge < -0.3 is 14.5 Å². The molecule has 31 heavy (non-hydrogen) atoms. The second-order valence-electron chi connectivity index (χ2n) is 9.65. The Morgan fingerprint density at radius 2 is 1.94 bits per heavy atom. The fourth-order valence-corrected chi connectivity index (χ4v) is 5.12. The first-order valence-corrected chi connectivity index (χ1v) is 11.4. The lowest BCUT2D eigenvalue weighted by molar-refractivity contribution is -0.129. The molecule has 1 aliphatic heterocycles. The van der Waals surface area contributed by atoms with Crippen LogP contribution in [0.2, 0.25) is 0 Å². The maximum Gasteiger partial charge on any atom is 0.230 e. The van der Waals surface area contributed by atoms with Crippen LogP contribution in [-0.4, -0.2) is 81.8 Å². The molecule has 1 amide bonds. The lowest BCUT2D eigenvalue weighted by Crippen LogP contribution is -2.48. The van der Waals surface area contributed by atoms with Gasteiger partial charge >= 0.3 is 0 Å². The fraction of sp³-hybridized carbons (Fsp3) is 0.652. The normalized spacial score (nSPS) is 28.2. The van der Waals surface area contributed by atoms with E-state index >= 15 is 0 Å². The molecule has 3 heterocycles. The van der Waals surface area contributed by atoms with Gasteiger partial charge in [0.05, 0.1) is 12.5 Å². The van der Waals surface area contributed by atoms with Crippen molar-refractivity contribution in [3.63, 3.8) is 0 Å². The number of likely N-dealkylation sites (tertiary alicyclic amines) is 1. The molecule has 8 nitrogen and oxygen atoms in total. The molecular weight excluding hydrogens is 392 g/mol. The number of hydrogen-bond acceptors (Lipinski definition) is 6. The van der Waals surface area contributed by atoms with Crippen LogP contribution in [0.5, 0.6) is 0 Å². The number of aromatic nitrogens is 4.